The lowest BCUT2D eigenvalue weighted by molar-refractivity contribution is 0.0247. The molecule has 0 bridgehead atoms. The van der Waals surface area contributed by atoms with Crippen molar-refractivity contribution in [3.63, 3.8) is 0 Å². The summed E-state index contributed by atoms with van der Waals surface area (Å²) in [5.41, 5.74) is 0. The predicted octanol–water partition coefficient (Wildman–Crippen LogP) is 2.72. The maximum atomic E-state index is 5.98. The Morgan fingerprint density at radius 3 is 3.20 bits per heavy atom. The predicted molar refractivity (Wildman–Crippen MR) is 61.3 cm³/mol. The largest absolute Gasteiger partial charge is 0.376 e. The van der Waals surface area contributed by atoms with Crippen LogP contribution < -0.4 is 5.32 Å². The van der Waals surface area contributed by atoms with Crippen LogP contribution in [0.15, 0.2) is 18.3 Å². The van der Waals surface area contributed by atoms with E-state index in [0.717, 1.165) is 25.4 Å². The lowest BCUT2D eigenvalue weighted by atomic mass is 10.1. The highest BCUT2D eigenvalue weighted by molar-refractivity contribution is 6.32. The minimum Gasteiger partial charge on any atom is -0.376 e. The summed E-state index contributed by atoms with van der Waals surface area (Å²) in [5.74, 6) is 0.744. The van der Waals surface area contributed by atoms with E-state index >= 15 is 0 Å². The molecule has 0 amide bonds. The van der Waals surface area contributed by atoms with Gasteiger partial charge in [0.05, 0.1) is 11.1 Å². The van der Waals surface area contributed by atoms with Crippen molar-refractivity contribution >= 4 is 17.4 Å². The van der Waals surface area contributed by atoms with E-state index in [2.05, 4.69) is 10.3 Å². The van der Waals surface area contributed by atoms with Crippen LogP contribution in [0, 0.1) is 0 Å². The van der Waals surface area contributed by atoms with Crippen LogP contribution in [0.3, 0.4) is 0 Å². The molecule has 1 atom stereocenters. The fourth-order valence-electron chi connectivity index (χ4n) is 1.69. The minimum absolute atomic E-state index is 0.303. The molecule has 1 aromatic rings. The van der Waals surface area contributed by atoms with Crippen molar-refractivity contribution in [1.29, 1.82) is 0 Å². The van der Waals surface area contributed by atoms with Crippen LogP contribution in [0.4, 0.5) is 5.82 Å². The molecule has 1 aromatic heterocycles. The van der Waals surface area contributed by atoms with Gasteiger partial charge < -0.3 is 10.1 Å². The van der Waals surface area contributed by atoms with Gasteiger partial charge in [0.15, 0.2) is 0 Å². The maximum Gasteiger partial charge on any atom is 0.144 e. The molecular formula is C11H15ClN2O. The first-order valence-electron chi connectivity index (χ1n) is 5.32. The summed E-state index contributed by atoms with van der Waals surface area (Å²) in [7, 11) is 0. The van der Waals surface area contributed by atoms with Crippen molar-refractivity contribution in [1.82, 2.24) is 4.98 Å². The van der Waals surface area contributed by atoms with Gasteiger partial charge in [-0.15, -0.1) is 0 Å². The molecule has 0 aliphatic carbocycles. The molecule has 0 radical (unpaired) electrons. The van der Waals surface area contributed by atoms with Crippen molar-refractivity contribution in [2.75, 3.05) is 18.5 Å². The van der Waals surface area contributed by atoms with Crippen molar-refractivity contribution in [2.45, 2.75) is 25.4 Å². The van der Waals surface area contributed by atoms with E-state index in [4.69, 9.17) is 16.3 Å². The Morgan fingerprint density at radius 1 is 1.53 bits per heavy atom. The number of ether oxygens (including phenoxy) is 1. The quantitative estimate of drug-likeness (QED) is 0.861. The molecule has 1 N–H and O–H groups in total. The zero-order chi connectivity index (χ0) is 10.5. The van der Waals surface area contributed by atoms with Gasteiger partial charge in [0, 0.05) is 19.3 Å². The molecule has 0 spiro atoms. The Labute approximate surface area is 94.8 Å². The Balaban J connectivity index is 1.84. The van der Waals surface area contributed by atoms with E-state index in [1.807, 2.05) is 12.1 Å². The van der Waals surface area contributed by atoms with Crippen molar-refractivity contribution in [2.24, 2.45) is 0 Å². The number of hydrogen-bond acceptors (Lipinski definition) is 3. The van der Waals surface area contributed by atoms with Gasteiger partial charge in [0.1, 0.15) is 5.82 Å². The van der Waals surface area contributed by atoms with Crippen LogP contribution in [0.25, 0.3) is 0 Å². The van der Waals surface area contributed by atoms with Crippen LogP contribution in [0.1, 0.15) is 19.3 Å². The summed E-state index contributed by atoms with van der Waals surface area (Å²) < 4.78 is 5.61. The molecule has 1 saturated heterocycles. The van der Waals surface area contributed by atoms with Crippen LogP contribution in [0.2, 0.25) is 5.02 Å². The zero-order valence-electron chi connectivity index (χ0n) is 8.58. The van der Waals surface area contributed by atoms with E-state index in [1.165, 1.54) is 12.8 Å². The van der Waals surface area contributed by atoms with Crippen LogP contribution in [-0.4, -0.2) is 24.2 Å². The van der Waals surface area contributed by atoms with Crippen LogP contribution in [0.5, 0.6) is 0 Å². The summed E-state index contributed by atoms with van der Waals surface area (Å²) in [6, 6.07) is 3.66. The molecule has 1 fully saturated rings. The van der Waals surface area contributed by atoms with Crippen LogP contribution >= 0.6 is 11.6 Å². The van der Waals surface area contributed by atoms with E-state index < -0.39 is 0 Å². The van der Waals surface area contributed by atoms with Gasteiger partial charge in [0.2, 0.25) is 0 Å². The third-order valence-electron chi connectivity index (χ3n) is 2.53. The Hall–Kier alpha value is -0.800. The number of rotatable bonds is 3. The topological polar surface area (TPSA) is 34.2 Å². The summed E-state index contributed by atoms with van der Waals surface area (Å²) in [6.45, 7) is 1.67. The van der Waals surface area contributed by atoms with E-state index in [-0.39, 0.29) is 0 Å². The molecule has 82 valence electrons. The Morgan fingerprint density at radius 2 is 2.47 bits per heavy atom. The van der Waals surface area contributed by atoms with Gasteiger partial charge in [0.25, 0.3) is 0 Å². The van der Waals surface area contributed by atoms with Gasteiger partial charge in [-0.3, -0.25) is 0 Å². The SMILES string of the molecule is Clc1cccnc1NCC1CCCCO1. The molecule has 1 aliphatic heterocycles. The number of nitrogens with one attached hydrogen (secondary N) is 1. The lowest BCUT2D eigenvalue weighted by Crippen LogP contribution is -2.27. The van der Waals surface area contributed by atoms with Gasteiger partial charge >= 0.3 is 0 Å². The average Bonchev–Trinajstić information content (AvgIpc) is 2.29. The number of aromatic nitrogens is 1. The van der Waals surface area contributed by atoms with Gasteiger partial charge in [-0.2, -0.15) is 0 Å². The number of pyridine rings is 1. The smallest absolute Gasteiger partial charge is 0.144 e. The number of hydrogen-bond donors (Lipinski definition) is 1. The third kappa shape index (κ3) is 3.08. The van der Waals surface area contributed by atoms with Crippen molar-refractivity contribution < 1.29 is 4.74 Å². The second-order valence-corrected chi connectivity index (χ2v) is 4.11. The highest BCUT2D eigenvalue weighted by atomic mass is 35.5. The van der Waals surface area contributed by atoms with Gasteiger partial charge in [-0.1, -0.05) is 11.6 Å². The summed E-state index contributed by atoms with van der Waals surface area (Å²) in [4.78, 5) is 4.16. The lowest BCUT2D eigenvalue weighted by Gasteiger charge is -2.23. The average molecular weight is 227 g/mol. The number of anilines is 1. The highest BCUT2D eigenvalue weighted by Gasteiger charge is 2.13. The minimum atomic E-state index is 0.303. The standard InChI is InChI=1S/C11H15ClN2O/c12-10-5-3-6-13-11(10)14-8-9-4-1-2-7-15-9/h3,5-6,9H,1-2,4,7-8H2,(H,13,14). The second kappa shape index (κ2) is 5.33. The summed E-state index contributed by atoms with van der Waals surface area (Å²) in [5, 5.41) is 3.88. The highest BCUT2D eigenvalue weighted by Crippen LogP contribution is 2.19. The van der Waals surface area contributed by atoms with E-state index in [9.17, 15) is 0 Å². The monoisotopic (exact) mass is 226 g/mol. The zero-order valence-corrected chi connectivity index (χ0v) is 9.33. The molecule has 2 heterocycles. The first-order valence-corrected chi connectivity index (χ1v) is 5.70. The molecule has 15 heavy (non-hydrogen) atoms. The normalized spacial score (nSPS) is 21.3. The van der Waals surface area contributed by atoms with Crippen LogP contribution in [-0.2, 0) is 4.74 Å². The Bertz CT molecular complexity index is 313. The number of nitrogens with zero attached hydrogens (tertiary/aromatic N) is 1. The van der Waals surface area contributed by atoms with E-state index in [1.54, 1.807) is 6.20 Å². The molecule has 0 aromatic carbocycles. The molecular weight excluding hydrogens is 212 g/mol. The maximum absolute atomic E-state index is 5.98. The summed E-state index contributed by atoms with van der Waals surface area (Å²) in [6.07, 6.45) is 5.59. The second-order valence-electron chi connectivity index (χ2n) is 3.70. The molecule has 0 saturated carbocycles. The first-order chi connectivity index (χ1) is 7.36. The molecule has 1 unspecified atom stereocenters. The van der Waals surface area contributed by atoms with Gasteiger partial charge in [-0.25, -0.2) is 4.98 Å². The third-order valence-corrected chi connectivity index (χ3v) is 2.83. The van der Waals surface area contributed by atoms with Gasteiger partial charge in [-0.05, 0) is 31.4 Å². The van der Waals surface area contributed by atoms with Crippen molar-refractivity contribution in [3.8, 4) is 0 Å². The number of halogens is 1. The molecule has 4 heteroatoms. The fourth-order valence-corrected chi connectivity index (χ4v) is 1.88. The van der Waals surface area contributed by atoms with Crippen molar-refractivity contribution in [3.05, 3.63) is 23.4 Å². The van der Waals surface area contributed by atoms with E-state index in [0.29, 0.717) is 11.1 Å². The first kappa shape index (κ1) is 10.7. The Kier molecular flexibility index (Phi) is 3.80. The molecule has 1 aliphatic rings. The molecule has 2 rings (SSSR count). The molecule has 3 nitrogen and oxygen atoms in total. The summed E-state index contributed by atoms with van der Waals surface area (Å²) >= 11 is 5.98. The fraction of sp³-hybridized carbons (Fsp3) is 0.545.